The van der Waals surface area contributed by atoms with Crippen LogP contribution < -0.4 is 4.74 Å². The third-order valence-corrected chi connectivity index (χ3v) is 1.80. The fourth-order valence-corrected chi connectivity index (χ4v) is 1.13. The molecule has 76 valence electrons. The number of pyridine rings is 2. The Bertz CT molecular complexity index is 432. The first-order valence-electron chi connectivity index (χ1n) is 4.53. The highest BCUT2D eigenvalue weighted by Gasteiger charge is 1.99. The van der Waals surface area contributed by atoms with Crippen molar-refractivity contribution < 1.29 is 9.84 Å². The van der Waals surface area contributed by atoms with Crippen LogP contribution in [0.15, 0.2) is 42.7 Å². The van der Waals surface area contributed by atoms with Gasteiger partial charge in [-0.05, 0) is 18.2 Å². The minimum atomic E-state index is -0.0930. The minimum absolute atomic E-state index is 0.0930. The molecule has 1 N–H and O–H groups in total. The Morgan fingerprint density at radius 1 is 1.20 bits per heavy atom. The van der Waals surface area contributed by atoms with Crippen LogP contribution in [0.1, 0.15) is 5.69 Å². The normalized spacial score (nSPS) is 9.93. The van der Waals surface area contributed by atoms with Crippen LogP contribution in [-0.2, 0) is 6.61 Å². The second-order valence-electron chi connectivity index (χ2n) is 2.92. The highest BCUT2D eigenvalue weighted by atomic mass is 16.5. The maximum Gasteiger partial charge on any atom is 0.219 e. The van der Waals surface area contributed by atoms with Crippen LogP contribution in [-0.4, -0.2) is 15.1 Å². The Hall–Kier alpha value is -1.94. The Kier molecular flexibility index (Phi) is 2.90. The van der Waals surface area contributed by atoms with Crippen LogP contribution in [0.5, 0.6) is 11.6 Å². The summed E-state index contributed by atoms with van der Waals surface area (Å²) in [6.45, 7) is -0.0930. The second-order valence-corrected chi connectivity index (χ2v) is 2.92. The third kappa shape index (κ3) is 2.51. The van der Waals surface area contributed by atoms with Gasteiger partial charge < -0.3 is 9.84 Å². The summed E-state index contributed by atoms with van der Waals surface area (Å²) in [7, 11) is 0. The molecule has 0 aromatic carbocycles. The molecule has 15 heavy (non-hydrogen) atoms. The van der Waals surface area contributed by atoms with Crippen molar-refractivity contribution in [2.24, 2.45) is 0 Å². The van der Waals surface area contributed by atoms with Gasteiger partial charge in [0.25, 0.3) is 0 Å². The summed E-state index contributed by atoms with van der Waals surface area (Å²) in [5.41, 5.74) is 0.580. The third-order valence-electron chi connectivity index (χ3n) is 1.80. The van der Waals surface area contributed by atoms with Crippen LogP contribution in [0, 0.1) is 0 Å². The lowest BCUT2D eigenvalue weighted by Crippen LogP contribution is -1.92. The molecule has 0 unspecified atom stereocenters. The number of hydrogen-bond donors (Lipinski definition) is 1. The molecule has 2 heterocycles. The molecule has 0 aliphatic heterocycles. The van der Waals surface area contributed by atoms with Gasteiger partial charge in [0.05, 0.1) is 18.5 Å². The summed E-state index contributed by atoms with van der Waals surface area (Å²) in [5.74, 6) is 1.08. The van der Waals surface area contributed by atoms with Crippen molar-refractivity contribution in [3.05, 3.63) is 48.4 Å². The zero-order valence-electron chi connectivity index (χ0n) is 8.00. The van der Waals surface area contributed by atoms with Gasteiger partial charge in [-0.3, -0.25) is 4.98 Å². The van der Waals surface area contributed by atoms with Crippen LogP contribution in [0.4, 0.5) is 0 Å². The zero-order chi connectivity index (χ0) is 10.5. The SMILES string of the molecule is OCc1cccc(Oc2cccnc2)n1. The van der Waals surface area contributed by atoms with Gasteiger partial charge in [0, 0.05) is 12.3 Å². The minimum Gasteiger partial charge on any atom is -0.437 e. The molecular formula is C11H10N2O2. The lowest BCUT2D eigenvalue weighted by molar-refractivity contribution is 0.275. The van der Waals surface area contributed by atoms with Gasteiger partial charge in [-0.15, -0.1) is 0 Å². The van der Waals surface area contributed by atoms with Crippen molar-refractivity contribution in [3.63, 3.8) is 0 Å². The highest BCUT2D eigenvalue weighted by molar-refractivity contribution is 5.24. The Morgan fingerprint density at radius 3 is 2.87 bits per heavy atom. The standard InChI is InChI=1S/C11H10N2O2/c14-8-9-3-1-5-11(13-9)15-10-4-2-6-12-7-10/h1-7,14H,8H2. The Morgan fingerprint density at radius 2 is 2.13 bits per heavy atom. The van der Waals surface area contributed by atoms with Gasteiger partial charge >= 0.3 is 0 Å². The van der Waals surface area contributed by atoms with Crippen LogP contribution in [0.2, 0.25) is 0 Å². The lowest BCUT2D eigenvalue weighted by Gasteiger charge is -2.04. The summed E-state index contributed by atoms with van der Waals surface area (Å²) < 4.78 is 5.44. The molecule has 0 amide bonds. The topological polar surface area (TPSA) is 55.2 Å². The first kappa shape index (κ1) is 9.61. The fourth-order valence-electron chi connectivity index (χ4n) is 1.13. The number of aliphatic hydroxyl groups is 1. The van der Waals surface area contributed by atoms with Crippen LogP contribution in [0.3, 0.4) is 0 Å². The van der Waals surface area contributed by atoms with Crippen molar-refractivity contribution in [2.75, 3.05) is 0 Å². The maximum absolute atomic E-state index is 8.90. The second kappa shape index (κ2) is 4.52. The predicted octanol–water partition coefficient (Wildman–Crippen LogP) is 1.76. The molecule has 2 rings (SSSR count). The first-order chi connectivity index (χ1) is 7.38. The van der Waals surface area contributed by atoms with E-state index in [9.17, 15) is 0 Å². The van der Waals surface area contributed by atoms with Gasteiger partial charge in [-0.25, -0.2) is 4.98 Å². The molecule has 4 heteroatoms. The molecule has 0 fully saturated rings. The van der Waals surface area contributed by atoms with E-state index in [-0.39, 0.29) is 6.61 Å². The molecule has 2 aromatic rings. The predicted molar refractivity (Wildman–Crippen MR) is 54.5 cm³/mol. The van der Waals surface area contributed by atoms with E-state index in [1.54, 1.807) is 42.7 Å². The van der Waals surface area contributed by atoms with E-state index in [2.05, 4.69) is 9.97 Å². The van der Waals surface area contributed by atoms with Crippen LogP contribution >= 0.6 is 0 Å². The smallest absolute Gasteiger partial charge is 0.219 e. The lowest BCUT2D eigenvalue weighted by atomic mass is 10.4. The number of rotatable bonds is 3. The van der Waals surface area contributed by atoms with E-state index in [1.807, 2.05) is 0 Å². The van der Waals surface area contributed by atoms with Gasteiger partial charge in [0.15, 0.2) is 0 Å². The average Bonchev–Trinajstić information content (AvgIpc) is 2.31. The van der Waals surface area contributed by atoms with E-state index in [0.717, 1.165) is 0 Å². The molecule has 0 atom stereocenters. The number of ether oxygens (including phenoxy) is 1. The largest absolute Gasteiger partial charge is 0.437 e. The molecular weight excluding hydrogens is 192 g/mol. The first-order valence-corrected chi connectivity index (χ1v) is 4.53. The van der Waals surface area contributed by atoms with Gasteiger partial charge in [-0.2, -0.15) is 0 Å². The average molecular weight is 202 g/mol. The summed E-state index contributed by atoms with van der Waals surface area (Å²) in [4.78, 5) is 8.01. The summed E-state index contributed by atoms with van der Waals surface area (Å²) in [6, 6.07) is 8.82. The molecule has 0 saturated carbocycles. The quantitative estimate of drug-likeness (QED) is 0.823. The van der Waals surface area contributed by atoms with Crippen LogP contribution in [0.25, 0.3) is 0 Å². The van der Waals surface area contributed by atoms with Gasteiger partial charge in [0.2, 0.25) is 5.88 Å². The monoisotopic (exact) mass is 202 g/mol. The number of hydrogen-bond acceptors (Lipinski definition) is 4. The molecule has 0 saturated heterocycles. The highest BCUT2D eigenvalue weighted by Crippen LogP contribution is 2.17. The zero-order valence-corrected chi connectivity index (χ0v) is 8.00. The maximum atomic E-state index is 8.90. The van der Waals surface area contributed by atoms with Crippen molar-refractivity contribution in [2.45, 2.75) is 6.61 Å². The van der Waals surface area contributed by atoms with Crippen molar-refractivity contribution in [3.8, 4) is 11.6 Å². The summed E-state index contributed by atoms with van der Waals surface area (Å²) in [6.07, 6.45) is 3.28. The van der Waals surface area contributed by atoms with Crippen molar-refractivity contribution >= 4 is 0 Å². The van der Waals surface area contributed by atoms with E-state index in [0.29, 0.717) is 17.3 Å². The van der Waals surface area contributed by atoms with Gasteiger partial charge in [0.1, 0.15) is 5.75 Å². The number of aliphatic hydroxyl groups excluding tert-OH is 1. The van der Waals surface area contributed by atoms with Gasteiger partial charge in [-0.1, -0.05) is 6.07 Å². The molecule has 0 aliphatic carbocycles. The molecule has 0 aliphatic rings. The number of nitrogens with zero attached hydrogens (tertiary/aromatic N) is 2. The van der Waals surface area contributed by atoms with E-state index < -0.39 is 0 Å². The number of aromatic nitrogens is 2. The van der Waals surface area contributed by atoms with Crippen molar-refractivity contribution in [1.82, 2.24) is 9.97 Å². The molecule has 0 spiro atoms. The Balaban J connectivity index is 2.17. The molecule has 0 bridgehead atoms. The fraction of sp³-hybridized carbons (Fsp3) is 0.0909. The molecule has 2 aromatic heterocycles. The summed E-state index contributed by atoms with van der Waals surface area (Å²) >= 11 is 0. The van der Waals surface area contributed by atoms with E-state index >= 15 is 0 Å². The van der Waals surface area contributed by atoms with E-state index in [1.165, 1.54) is 0 Å². The molecule has 0 radical (unpaired) electrons. The molecule has 4 nitrogen and oxygen atoms in total. The summed E-state index contributed by atoms with van der Waals surface area (Å²) in [5, 5.41) is 8.90. The Labute approximate surface area is 87.2 Å². The van der Waals surface area contributed by atoms with E-state index in [4.69, 9.17) is 9.84 Å². The van der Waals surface area contributed by atoms with Crippen molar-refractivity contribution in [1.29, 1.82) is 0 Å².